The fraction of sp³-hybridized carbons (Fsp3) is 0.300. The minimum atomic E-state index is -3.48. The van der Waals surface area contributed by atoms with Crippen molar-refractivity contribution in [2.24, 2.45) is 0 Å². The summed E-state index contributed by atoms with van der Waals surface area (Å²) in [5.41, 5.74) is 1.39. The van der Waals surface area contributed by atoms with Crippen LogP contribution in [0.4, 0.5) is 0 Å². The second-order valence-corrected chi connectivity index (χ2v) is 8.92. The largest absolute Gasteiger partial charge is 0.309 e. The number of aromatic amines is 1. The number of nitrogens with zero attached hydrogens (tertiary/aromatic N) is 3. The maximum absolute atomic E-state index is 12.4. The summed E-state index contributed by atoms with van der Waals surface area (Å²) in [6.45, 7) is 3.74. The maximum atomic E-state index is 12.4. The second-order valence-electron chi connectivity index (χ2n) is 6.77. The molecule has 0 saturated carbocycles. The Morgan fingerprint density at radius 2 is 1.79 bits per heavy atom. The highest BCUT2D eigenvalue weighted by Gasteiger charge is 2.18. The molecule has 3 aromatic rings. The molecule has 0 radical (unpaired) electrons. The molecule has 0 fully saturated rings. The Bertz CT molecular complexity index is 1140. The zero-order valence-electron chi connectivity index (χ0n) is 16.2. The van der Waals surface area contributed by atoms with E-state index in [1.54, 1.807) is 24.3 Å². The van der Waals surface area contributed by atoms with E-state index in [4.69, 9.17) is 0 Å². The van der Waals surface area contributed by atoms with Crippen molar-refractivity contribution in [1.29, 1.82) is 0 Å². The molecule has 0 aliphatic rings. The zero-order chi connectivity index (χ0) is 20.3. The van der Waals surface area contributed by atoms with E-state index < -0.39 is 10.0 Å². The highest BCUT2D eigenvalue weighted by atomic mass is 32.2. The van der Waals surface area contributed by atoms with Crippen LogP contribution in [0, 0.1) is 0 Å². The van der Waals surface area contributed by atoms with Crippen molar-refractivity contribution in [2.45, 2.75) is 24.9 Å². The van der Waals surface area contributed by atoms with Crippen molar-refractivity contribution in [3.05, 3.63) is 70.3 Å². The van der Waals surface area contributed by atoms with Gasteiger partial charge in [0.15, 0.2) is 0 Å². The van der Waals surface area contributed by atoms with Crippen molar-refractivity contribution in [3.8, 4) is 0 Å². The van der Waals surface area contributed by atoms with E-state index in [1.807, 2.05) is 31.2 Å². The highest BCUT2D eigenvalue weighted by molar-refractivity contribution is 7.89. The maximum Gasteiger partial charge on any atom is 0.258 e. The van der Waals surface area contributed by atoms with Crippen LogP contribution < -0.4 is 5.56 Å². The number of sulfonamides is 1. The van der Waals surface area contributed by atoms with Crippen LogP contribution in [0.1, 0.15) is 18.3 Å². The number of aromatic nitrogens is 2. The first-order valence-electron chi connectivity index (χ1n) is 9.03. The quantitative estimate of drug-likeness (QED) is 0.657. The van der Waals surface area contributed by atoms with Crippen molar-refractivity contribution in [2.75, 3.05) is 20.6 Å². The van der Waals surface area contributed by atoms with Crippen LogP contribution in [0.15, 0.2) is 58.2 Å². The van der Waals surface area contributed by atoms with Gasteiger partial charge in [-0.25, -0.2) is 17.7 Å². The Morgan fingerprint density at radius 3 is 2.50 bits per heavy atom. The molecule has 0 aliphatic heterocycles. The van der Waals surface area contributed by atoms with Crippen LogP contribution in [0.3, 0.4) is 0 Å². The molecule has 148 valence electrons. The van der Waals surface area contributed by atoms with Crippen LogP contribution in [-0.2, 0) is 23.1 Å². The number of benzene rings is 2. The second kappa shape index (κ2) is 8.22. The summed E-state index contributed by atoms with van der Waals surface area (Å²) in [5, 5.41) is 0.566. The number of para-hydroxylation sites is 1. The Morgan fingerprint density at radius 1 is 1.04 bits per heavy atom. The molecule has 1 N–H and O–H groups in total. The van der Waals surface area contributed by atoms with Crippen molar-refractivity contribution < 1.29 is 8.42 Å². The Labute approximate surface area is 164 Å². The van der Waals surface area contributed by atoms with Gasteiger partial charge in [-0.3, -0.25) is 9.69 Å². The summed E-state index contributed by atoms with van der Waals surface area (Å²) in [6.07, 6.45) is 0. The predicted molar refractivity (Wildman–Crippen MR) is 109 cm³/mol. The average molecular weight is 401 g/mol. The van der Waals surface area contributed by atoms with Gasteiger partial charge in [-0.05, 0) is 36.4 Å². The summed E-state index contributed by atoms with van der Waals surface area (Å²) in [4.78, 5) is 22.0. The van der Waals surface area contributed by atoms with E-state index in [0.717, 1.165) is 12.1 Å². The Balaban J connectivity index is 1.83. The summed E-state index contributed by atoms with van der Waals surface area (Å²) >= 11 is 0. The fourth-order valence-electron chi connectivity index (χ4n) is 2.97. The Kier molecular flexibility index (Phi) is 5.93. The number of hydrogen-bond acceptors (Lipinski definition) is 5. The van der Waals surface area contributed by atoms with Gasteiger partial charge >= 0.3 is 0 Å². The molecule has 0 saturated heterocycles. The molecular weight excluding hydrogens is 376 g/mol. The molecule has 3 rings (SSSR count). The van der Waals surface area contributed by atoms with E-state index >= 15 is 0 Å². The van der Waals surface area contributed by atoms with E-state index in [0.29, 0.717) is 29.8 Å². The number of nitrogens with one attached hydrogen (secondary N) is 1. The zero-order valence-corrected chi connectivity index (χ0v) is 17.0. The van der Waals surface area contributed by atoms with Gasteiger partial charge in [-0.2, -0.15) is 0 Å². The minimum Gasteiger partial charge on any atom is -0.309 e. The fourth-order valence-corrected chi connectivity index (χ4v) is 3.95. The van der Waals surface area contributed by atoms with E-state index in [-0.39, 0.29) is 10.5 Å². The third-order valence-electron chi connectivity index (χ3n) is 4.57. The van der Waals surface area contributed by atoms with Crippen LogP contribution in [0.5, 0.6) is 0 Å². The minimum absolute atomic E-state index is 0.157. The van der Waals surface area contributed by atoms with Gasteiger partial charge in [-0.15, -0.1) is 0 Å². The van der Waals surface area contributed by atoms with E-state index in [2.05, 4.69) is 14.9 Å². The predicted octanol–water partition coefficient (Wildman–Crippen LogP) is 2.20. The van der Waals surface area contributed by atoms with Crippen molar-refractivity contribution in [1.82, 2.24) is 19.2 Å². The monoisotopic (exact) mass is 400 g/mol. The van der Waals surface area contributed by atoms with Crippen LogP contribution in [0.25, 0.3) is 10.9 Å². The lowest BCUT2D eigenvalue weighted by atomic mass is 10.2. The number of fused-ring (bicyclic) bond motifs is 1. The third kappa shape index (κ3) is 4.30. The van der Waals surface area contributed by atoms with Crippen LogP contribution in [-0.4, -0.2) is 48.2 Å². The molecule has 0 bridgehead atoms. The van der Waals surface area contributed by atoms with Gasteiger partial charge in [0.2, 0.25) is 10.0 Å². The van der Waals surface area contributed by atoms with Gasteiger partial charge < -0.3 is 4.98 Å². The SMILES string of the molecule is CCN(Cc1cccc(S(=O)(=O)N(C)C)c1)Cc1nc2ccccc2c(=O)[nH]1. The molecule has 2 aromatic carbocycles. The van der Waals surface area contributed by atoms with Crippen molar-refractivity contribution in [3.63, 3.8) is 0 Å². The summed E-state index contributed by atoms with van der Waals surface area (Å²) in [6, 6.07) is 14.2. The summed E-state index contributed by atoms with van der Waals surface area (Å²) in [7, 11) is -0.444. The standard InChI is InChI=1S/C20H24N4O3S/c1-4-24(13-15-8-7-9-16(12-15)28(26,27)23(2)3)14-19-21-18-11-6-5-10-17(18)20(25)22-19/h5-12H,4,13-14H2,1-3H3,(H,21,22,25). The first kappa shape index (κ1) is 20.2. The van der Waals surface area contributed by atoms with E-state index in [1.165, 1.54) is 18.4 Å². The molecule has 8 heteroatoms. The molecule has 1 heterocycles. The van der Waals surface area contributed by atoms with Crippen LogP contribution >= 0.6 is 0 Å². The highest BCUT2D eigenvalue weighted by Crippen LogP contribution is 2.17. The molecule has 0 aliphatic carbocycles. The molecule has 0 spiro atoms. The lowest BCUT2D eigenvalue weighted by Crippen LogP contribution is -2.26. The van der Waals surface area contributed by atoms with Crippen molar-refractivity contribution >= 4 is 20.9 Å². The first-order valence-corrected chi connectivity index (χ1v) is 10.5. The lowest BCUT2D eigenvalue weighted by molar-refractivity contribution is 0.264. The Hall–Kier alpha value is -2.55. The third-order valence-corrected chi connectivity index (χ3v) is 6.38. The lowest BCUT2D eigenvalue weighted by Gasteiger charge is -2.20. The van der Waals surface area contributed by atoms with E-state index in [9.17, 15) is 13.2 Å². The van der Waals surface area contributed by atoms with Gasteiger partial charge in [0, 0.05) is 20.6 Å². The number of rotatable bonds is 7. The smallest absolute Gasteiger partial charge is 0.258 e. The molecule has 0 amide bonds. The van der Waals surface area contributed by atoms with Gasteiger partial charge in [0.25, 0.3) is 5.56 Å². The van der Waals surface area contributed by atoms with Gasteiger partial charge in [-0.1, -0.05) is 31.2 Å². The normalized spacial score (nSPS) is 12.2. The topological polar surface area (TPSA) is 86.4 Å². The molecule has 0 atom stereocenters. The average Bonchev–Trinajstić information content (AvgIpc) is 2.67. The molecule has 1 aromatic heterocycles. The number of hydrogen-bond donors (Lipinski definition) is 1. The first-order chi connectivity index (χ1) is 13.3. The summed E-state index contributed by atoms with van der Waals surface area (Å²) in [5.74, 6) is 0.586. The van der Waals surface area contributed by atoms with Gasteiger partial charge in [0.05, 0.1) is 22.3 Å². The summed E-state index contributed by atoms with van der Waals surface area (Å²) < 4.78 is 25.9. The molecule has 0 unspecified atom stereocenters. The molecule has 7 nitrogen and oxygen atoms in total. The molecule has 28 heavy (non-hydrogen) atoms. The number of H-pyrrole nitrogens is 1. The van der Waals surface area contributed by atoms with Gasteiger partial charge in [0.1, 0.15) is 5.82 Å². The van der Waals surface area contributed by atoms with Crippen LogP contribution in [0.2, 0.25) is 0 Å². The molecular formula is C20H24N4O3S.